The van der Waals surface area contributed by atoms with E-state index >= 15 is 0 Å². The van der Waals surface area contributed by atoms with Crippen molar-refractivity contribution >= 4 is 34.3 Å². The molecule has 1 aliphatic rings. The highest BCUT2D eigenvalue weighted by atomic mass is 35.5. The number of non-ortho nitro benzene ring substituents is 1. The molecule has 0 saturated heterocycles. The third kappa shape index (κ3) is 2.35. The molecule has 1 fully saturated rings. The molecular weight excluding hydrogens is 268 g/mol. The van der Waals surface area contributed by atoms with E-state index in [9.17, 15) is 10.1 Å². The first-order valence-electron chi connectivity index (χ1n) is 6.16. The van der Waals surface area contributed by atoms with Gasteiger partial charge in [-0.15, -0.1) is 11.6 Å². The lowest BCUT2D eigenvalue weighted by Gasteiger charge is -2.19. The number of H-pyrrole nitrogens is 1. The molecule has 1 aromatic carbocycles. The lowest BCUT2D eigenvalue weighted by molar-refractivity contribution is -0.384. The largest absolute Gasteiger partial charge is 0.338 e. The van der Waals surface area contributed by atoms with E-state index in [-0.39, 0.29) is 5.69 Å². The van der Waals surface area contributed by atoms with E-state index in [2.05, 4.69) is 14.9 Å². The number of alkyl halides is 1. The second kappa shape index (κ2) is 4.70. The monoisotopic (exact) mass is 280 g/mol. The number of nitro groups is 1. The van der Waals surface area contributed by atoms with Crippen molar-refractivity contribution in [2.24, 2.45) is 0 Å². The third-order valence-electron chi connectivity index (χ3n) is 3.25. The Morgan fingerprint density at radius 3 is 2.95 bits per heavy atom. The number of nitro benzene ring substituents is 1. The van der Waals surface area contributed by atoms with Crippen molar-refractivity contribution < 1.29 is 4.92 Å². The molecule has 0 spiro atoms. The highest BCUT2D eigenvalue weighted by Gasteiger charge is 2.30. The second-order valence-electron chi connectivity index (χ2n) is 4.63. The van der Waals surface area contributed by atoms with E-state index in [4.69, 9.17) is 11.6 Å². The average Bonchev–Trinajstić information content (AvgIpc) is 3.13. The summed E-state index contributed by atoms with van der Waals surface area (Å²) in [6.45, 7) is 0.730. The molecule has 0 bridgehead atoms. The topological polar surface area (TPSA) is 75.1 Å². The molecule has 2 aromatic rings. The quantitative estimate of drug-likeness (QED) is 0.519. The SMILES string of the molecule is O=[N+]([O-])c1ccc2nc(N(CCCl)C3CC3)[nH]c2c1. The minimum absolute atomic E-state index is 0.0676. The summed E-state index contributed by atoms with van der Waals surface area (Å²) in [5.74, 6) is 1.28. The molecule has 0 atom stereocenters. The normalized spacial score (nSPS) is 14.8. The van der Waals surface area contributed by atoms with Gasteiger partial charge >= 0.3 is 0 Å². The maximum absolute atomic E-state index is 10.7. The fourth-order valence-corrected chi connectivity index (χ4v) is 2.35. The number of imidazole rings is 1. The van der Waals surface area contributed by atoms with Crippen molar-refractivity contribution in [3.8, 4) is 0 Å². The molecule has 1 aliphatic carbocycles. The Morgan fingerprint density at radius 1 is 1.53 bits per heavy atom. The zero-order valence-electron chi connectivity index (χ0n) is 10.2. The van der Waals surface area contributed by atoms with Gasteiger partial charge in [0.25, 0.3) is 5.69 Å². The number of halogens is 1. The van der Waals surface area contributed by atoms with Crippen molar-refractivity contribution in [3.05, 3.63) is 28.3 Å². The number of nitrogens with one attached hydrogen (secondary N) is 1. The number of aromatic nitrogens is 2. The summed E-state index contributed by atoms with van der Waals surface area (Å²) in [4.78, 5) is 20.1. The van der Waals surface area contributed by atoms with Crippen molar-refractivity contribution in [1.82, 2.24) is 9.97 Å². The smallest absolute Gasteiger partial charge is 0.271 e. The lowest BCUT2D eigenvalue weighted by Crippen LogP contribution is -2.28. The van der Waals surface area contributed by atoms with Gasteiger partial charge in [0.15, 0.2) is 0 Å². The molecule has 0 radical (unpaired) electrons. The number of benzene rings is 1. The van der Waals surface area contributed by atoms with Gasteiger partial charge in [0, 0.05) is 30.6 Å². The van der Waals surface area contributed by atoms with Crippen molar-refractivity contribution in [3.63, 3.8) is 0 Å². The summed E-state index contributed by atoms with van der Waals surface area (Å²) in [7, 11) is 0. The average molecular weight is 281 g/mol. The van der Waals surface area contributed by atoms with E-state index in [1.54, 1.807) is 6.07 Å². The Bertz CT molecular complexity index is 623. The van der Waals surface area contributed by atoms with Gasteiger partial charge in [-0.05, 0) is 18.9 Å². The number of aromatic amines is 1. The fraction of sp³-hybridized carbons (Fsp3) is 0.417. The van der Waals surface area contributed by atoms with Crippen LogP contribution in [-0.2, 0) is 0 Å². The maximum Gasteiger partial charge on any atom is 0.271 e. The van der Waals surface area contributed by atoms with Crippen LogP contribution in [0.5, 0.6) is 0 Å². The van der Waals surface area contributed by atoms with Crippen LogP contribution in [0.25, 0.3) is 11.0 Å². The summed E-state index contributed by atoms with van der Waals surface area (Å²) in [5, 5.41) is 10.7. The molecule has 6 nitrogen and oxygen atoms in total. The predicted octanol–water partition coefficient (Wildman–Crippen LogP) is 2.68. The zero-order chi connectivity index (χ0) is 13.4. The molecule has 0 unspecified atom stereocenters. The summed E-state index contributed by atoms with van der Waals surface area (Å²) in [6, 6.07) is 5.14. The number of nitrogens with zero attached hydrogens (tertiary/aromatic N) is 3. The number of fused-ring (bicyclic) bond motifs is 1. The molecular formula is C12H13ClN4O2. The van der Waals surface area contributed by atoms with Gasteiger partial charge in [0.1, 0.15) is 0 Å². The minimum atomic E-state index is -0.405. The molecule has 1 heterocycles. The fourth-order valence-electron chi connectivity index (χ4n) is 2.17. The molecule has 3 rings (SSSR count). The van der Waals surface area contributed by atoms with Crippen LogP contribution < -0.4 is 4.90 Å². The minimum Gasteiger partial charge on any atom is -0.338 e. The van der Waals surface area contributed by atoms with Crippen LogP contribution in [0.1, 0.15) is 12.8 Å². The number of hydrogen-bond acceptors (Lipinski definition) is 4. The highest BCUT2D eigenvalue weighted by Crippen LogP contribution is 2.31. The van der Waals surface area contributed by atoms with Gasteiger partial charge in [-0.25, -0.2) is 4.98 Å². The van der Waals surface area contributed by atoms with Gasteiger partial charge in [-0.2, -0.15) is 0 Å². The van der Waals surface area contributed by atoms with E-state index in [1.165, 1.54) is 12.1 Å². The van der Waals surface area contributed by atoms with Gasteiger partial charge in [0.05, 0.1) is 16.0 Å². The van der Waals surface area contributed by atoms with E-state index < -0.39 is 4.92 Å². The lowest BCUT2D eigenvalue weighted by atomic mass is 10.3. The van der Waals surface area contributed by atoms with E-state index in [1.807, 2.05) is 0 Å². The van der Waals surface area contributed by atoms with Gasteiger partial charge in [0.2, 0.25) is 5.95 Å². The van der Waals surface area contributed by atoms with Gasteiger partial charge in [-0.3, -0.25) is 10.1 Å². The molecule has 1 saturated carbocycles. The standard InChI is InChI=1S/C12H13ClN4O2/c13-5-6-16(8-1-2-8)12-14-10-4-3-9(17(18)19)7-11(10)15-12/h3-4,7-8H,1-2,5-6H2,(H,14,15). The first-order chi connectivity index (χ1) is 9.19. The Kier molecular flexibility index (Phi) is 3.02. The summed E-state index contributed by atoms with van der Waals surface area (Å²) < 4.78 is 0. The summed E-state index contributed by atoms with van der Waals surface area (Å²) >= 11 is 5.81. The summed E-state index contributed by atoms with van der Waals surface area (Å²) in [6.07, 6.45) is 2.29. The summed E-state index contributed by atoms with van der Waals surface area (Å²) in [5.41, 5.74) is 1.49. The van der Waals surface area contributed by atoms with E-state index in [0.717, 1.165) is 30.9 Å². The van der Waals surface area contributed by atoms with Crippen molar-refractivity contribution in [2.75, 3.05) is 17.3 Å². The van der Waals surface area contributed by atoms with Crippen LogP contribution in [0, 0.1) is 10.1 Å². The number of hydrogen-bond donors (Lipinski definition) is 1. The first-order valence-corrected chi connectivity index (χ1v) is 6.69. The molecule has 7 heteroatoms. The Hall–Kier alpha value is -1.82. The molecule has 0 amide bonds. The van der Waals surface area contributed by atoms with Crippen LogP contribution in [0.15, 0.2) is 18.2 Å². The molecule has 0 aliphatic heterocycles. The predicted molar refractivity (Wildman–Crippen MR) is 73.8 cm³/mol. The number of rotatable bonds is 5. The zero-order valence-corrected chi connectivity index (χ0v) is 10.9. The van der Waals surface area contributed by atoms with Gasteiger partial charge < -0.3 is 9.88 Å². The Morgan fingerprint density at radius 2 is 2.32 bits per heavy atom. The van der Waals surface area contributed by atoms with Crippen LogP contribution in [-0.4, -0.2) is 33.4 Å². The van der Waals surface area contributed by atoms with Crippen molar-refractivity contribution in [2.45, 2.75) is 18.9 Å². The molecule has 1 N–H and O–H groups in total. The Labute approximate surface area is 114 Å². The van der Waals surface area contributed by atoms with Crippen LogP contribution in [0.2, 0.25) is 0 Å². The van der Waals surface area contributed by atoms with Crippen LogP contribution in [0.4, 0.5) is 11.6 Å². The third-order valence-corrected chi connectivity index (χ3v) is 3.42. The van der Waals surface area contributed by atoms with Gasteiger partial charge in [-0.1, -0.05) is 0 Å². The Balaban J connectivity index is 1.97. The second-order valence-corrected chi connectivity index (χ2v) is 5.01. The first kappa shape index (κ1) is 12.2. The van der Waals surface area contributed by atoms with Crippen LogP contribution >= 0.6 is 11.6 Å². The maximum atomic E-state index is 10.7. The number of anilines is 1. The highest BCUT2D eigenvalue weighted by molar-refractivity contribution is 6.18. The van der Waals surface area contributed by atoms with E-state index in [0.29, 0.717) is 17.4 Å². The molecule has 1 aromatic heterocycles. The molecule has 100 valence electrons. The van der Waals surface area contributed by atoms with Crippen molar-refractivity contribution in [1.29, 1.82) is 0 Å². The molecule has 19 heavy (non-hydrogen) atoms. The van der Waals surface area contributed by atoms with Crippen LogP contribution in [0.3, 0.4) is 0 Å².